The number of rotatable bonds is 5. The second-order valence-corrected chi connectivity index (χ2v) is 7.01. The van der Waals surface area contributed by atoms with E-state index in [0.29, 0.717) is 19.6 Å². The van der Waals surface area contributed by atoms with Gasteiger partial charge in [0.1, 0.15) is 0 Å². The maximum Gasteiger partial charge on any atom is 0.228 e. The van der Waals surface area contributed by atoms with Crippen molar-refractivity contribution in [2.24, 2.45) is 5.92 Å². The molecule has 0 aliphatic carbocycles. The Morgan fingerprint density at radius 3 is 2.85 bits per heavy atom. The summed E-state index contributed by atoms with van der Waals surface area (Å²) in [5.74, 6) is -0.284. The molecule has 0 aromatic carbocycles. The lowest BCUT2D eigenvalue weighted by molar-refractivity contribution is -0.135. The van der Waals surface area contributed by atoms with E-state index in [9.17, 15) is 9.59 Å². The van der Waals surface area contributed by atoms with Gasteiger partial charge in [-0.1, -0.05) is 6.07 Å². The maximum atomic E-state index is 12.8. The molecule has 1 atom stereocenters. The number of likely N-dealkylation sites (tertiary alicyclic amines) is 1. The molecule has 6 heteroatoms. The Bertz CT molecular complexity index is 786. The van der Waals surface area contributed by atoms with Crippen molar-refractivity contribution in [3.63, 3.8) is 0 Å². The number of amides is 2. The fourth-order valence-corrected chi connectivity index (χ4v) is 3.44. The molecule has 1 aliphatic heterocycles. The summed E-state index contributed by atoms with van der Waals surface area (Å²) >= 11 is 0. The fraction of sp³-hybridized carbons (Fsp3) is 0.400. The average Bonchev–Trinajstić information content (AvgIpc) is 2.95. The summed E-state index contributed by atoms with van der Waals surface area (Å²) < 4.78 is 0. The van der Waals surface area contributed by atoms with Crippen molar-refractivity contribution in [3.8, 4) is 0 Å². The summed E-state index contributed by atoms with van der Waals surface area (Å²) in [7, 11) is 1.77. The summed E-state index contributed by atoms with van der Waals surface area (Å²) in [4.78, 5) is 37.0. The summed E-state index contributed by atoms with van der Waals surface area (Å²) in [5.41, 5.74) is 3.92. The third-order valence-corrected chi connectivity index (χ3v) is 4.59. The number of carbonyl (C=O) groups is 2. The summed E-state index contributed by atoms with van der Waals surface area (Å²) in [6.45, 7) is 5.38. The molecule has 1 saturated heterocycles. The zero-order valence-corrected chi connectivity index (χ0v) is 15.5. The monoisotopic (exact) mass is 352 g/mol. The van der Waals surface area contributed by atoms with Gasteiger partial charge in [-0.3, -0.25) is 19.6 Å². The number of aryl methyl sites for hydroxylation is 2. The highest BCUT2D eigenvalue weighted by atomic mass is 16.2. The molecular weight excluding hydrogens is 328 g/mol. The van der Waals surface area contributed by atoms with Crippen LogP contribution in [0.15, 0.2) is 36.7 Å². The van der Waals surface area contributed by atoms with Gasteiger partial charge in [-0.05, 0) is 43.2 Å². The number of nitrogens with zero attached hydrogens (tertiary/aromatic N) is 4. The van der Waals surface area contributed by atoms with Gasteiger partial charge in [-0.25, -0.2) is 0 Å². The Morgan fingerprint density at radius 2 is 2.15 bits per heavy atom. The van der Waals surface area contributed by atoms with E-state index >= 15 is 0 Å². The van der Waals surface area contributed by atoms with Crippen LogP contribution < -0.4 is 0 Å². The maximum absolute atomic E-state index is 12.8. The van der Waals surface area contributed by atoms with Crippen molar-refractivity contribution in [1.29, 1.82) is 0 Å². The molecule has 0 radical (unpaired) electrons. The minimum absolute atomic E-state index is 0.00649. The van der Waals surface area contributed by atoms with E-state index < -0.39 is 0 Å². The van der Waals surface area contributed by atoms with E-state index in [1.165, 1.54) is 0 Å². The average molecular weight is 352 g/mol. The first-order chi connectivity index (χ1) is 12.4. The lowest BCUT2D eigenvalue weighted by atomic mass is 10.1. The highest BCUT2D eigenvalue weighted by Crippen LogP contribution is 2.22. The van der Waals surface area contributed by atoms with Crippen LogP contribution in [0.4, 0.5) is 0 Å². The van der Waals surface area contributed by atoms with Crippen molar-refractivity contribution in [1.82, 2.24) is 19.8 Å². The third-order valence-electron chi connectivity index (χ3n) is 4.59. The molecule has 136 valence electrons. The first kappa shape index (κ1) is 18.0. The second kappa shape index (κ2) is 7.64. The van der Waals surface area contributed by atoms with E-state index in [0.717, 1.165) is 22.5 Å². The van der Waals surface area contributed by atoms with E-state index in [4.69, 9.17) is 0 Å². The van der Waals surface area contributed by atoms with Gasteiger partial charge < -0.3 is 9.80 Å². The Morgan fingerprint density at radius 1 is 1.35 bits per heavy atom. The topological polar surface area (TPSA) is 66.4 Å². The largest absolute Gasteiger partial charge is 0.340 e. The third kappa shape index (κ3) is 4.25. The van der Waals surface area contributed by atoms with Gasteiger partial charge in [0, 0.05) is 44.6 Å². The molecule has 0 N–H and O–H groups in total. The van der Waals surface area contributed by atoms with Crippen molar-refractivity contribution in [2.75, 3.05) is 13.6 Å². The molecule has 2 aromatic rings. The first-order valence-corrected chi connectivity index (χ1v) is 8.78. The van der Waals surface area contributed by atoms with E-state index in [-0.39, 0.29) is 24.2 Å². The molecule has 2 aromatic heterocycles. The fourth-order valence-electron chi connectivity index (χ4n) is 3.44. The molecule has 6 nitrogen and oxygen atoms in total. The molecule has 26 heavy (non-hydrogen) atoms. The lowest BCUT2D eigenvalue weighted by Gasteiger charge is -2.21. The molecule has 0 bridgehead atoms. The van der Waals surface area contributed by atoms with Gasteiger partial charge in [0.15, 0.2) is 0 Å². The highest BCUT2D eigenvalue weighted by molar-refractivity contribution is 5.89. The highest BCUT2D eigenvalue weighted by Gasteiger charge is 2.35. The van der Waals surface area contributed by atoms with Gasteiger partial charge in [0.2, 0.25) is 11.8 Å². The van der Waals surface area contributed by atoms with Crippen molar-refractivity contribution < 1.29 is 9.59 Å². The Labute approximate surface area is 153 Å². The predicted octanol–water partition coefficient (Wildman–Crippen LogP) is 2.10. The standard InChI is InChI=1S/C20H24N4O2/c1-14-7-15(2)22-18(8-14)13-23(3)20(26)17-9-19(25)24(12-17)11-16-5-4-6-21-10-16/h4-8,10,17H,9,11-13H2,1-3H3/t17-/m1/s1. The molecular formula is C20H24N4O2. The molecule has 3 rings (SSSR count). The number of pyridine rings is 2. The van der Waals surface area contributed by atoms with E-state index in [1.807, 2.05) is 38.1 Å². The van der Waals surface area contributed by atoms with Crippen molar-refractivity contribution in [2.45, 2.75) is 33.4 Å². The van der Waals surface area contributed by atoms with E-state index in [2.05, 4.69) is 9.97 Å². The molecule has 0 spiro atoms. The Balaban J connectivity index is 1.61. The first-order valence-electron chi connectivity index (χ1n) is 8.78. The zero-order chi connectivity index (χ0) is 18.7. The Kier molecular flexibility index (Phi) is 5.30. The van der Waals surface area contributed by atoms with Crippen LogP contribution in [0.1, 0.15) is 28.9 Å². The van der Waals surface area contributed by atoms with Crippen LogP contribution >= 0.6 is 0 Å². The number of hydrogen-bond donors (Lipinski definition) is 0. The zero-order valence-electron chi connectivity index (χ0n) is 15.5. The summed E-state index contributed by atoms with van der Waals surface area (Å²) in [5, 5.41) is 0. The number of carbonyl (C=O) groups excluding carboxylic acids is 2. The normalized spacial score (nSPS) is 16.8. The smallest absolute Gasteiger partial charge is 0.228 e. The quantitative estimate of drug-likeness (QED) is 0.826. The molecule has 1 aliphatic rings. The summed E-state index contributed by atoms with van der Waals surface area (Å²) in [6, 6.07) is 7.79. The van der Waals surface area contributed by atoms with Crippen molar-refractivity contribution >= 4 is 11.8 Å². The van der Waals surface area contributed by atoms with Gasteiger partial charge in [0.25, 0.3) is 0 Å². The van der Waals surface area contributed by atoms with Gasteiger partial charge in [-0.2, -0.15) is 0 Å². The molecule has 0 saturated carbocycles. The lowest BCUT2D eigenvalue weighted by Crippen LogP contribution is -2.34. The molecule has 3 heterocycles. The second-order valence-electron chi connectivity index (χ2n) is 7.01. The minimum Gasteiger partial charge on any atom is -0.340 e. The SMILES string of the molecule is Cc1cc(C)nc(CN(C)C(=O)[C@@H]2CC(=O)N(Cc3cccnc3)C2)c1. The van der Waals surface area contributed by atoms with E-state index in [1.54, 1.807) is 29.2 Å². The Hall–Kier alpha value is -2.76. The minimum atomic E-state index is -0.296. The predicted molar refractivity (Wildman–Crippen MR) is 97.9 cm³/mol. The van der Waals surface area contributed by atoms with Crippen LogP contribution in [0.25, 0.3) is 0 Å². The molecule has 0 unspecified atom stereocenters. The molecule has 1 fully saturated rings. The van der Waals surface area contributed by atoms with Crippen LogP contribution in [0.3, 0.4) is 0 Å². The van der Waals surface area contributed by atoms with Crippen LogP contribution in [0, 0.1) is 19.8 Å². The van der Waals surface area contributed by atoms with Gasteiger partial charge >= 0.3 is 0 Å². The van der Waals surface area contributed by atoms with Crippen LogP contribution in [-0.2, 0) is 22.7 Å². The van der Waals surface area contributed by atoms with Crippen molar-refractivity contribution in [3.05, 3.63) is 59.2 Å². The number of hydrogen-bond acceptors (Lipinski definition) is 4. The van der Waals surface area contributed by atoms with Crippen LogP contribution in [0.5, 0.6) is 0 Å². The summed E-state index contributed by atoms with van der Waals surface area (Å²) in [6.07, 6.45) is 3.72. The number of aromatic nitrogens is 2. The molecule has 2 amide bonds. The van der Waals surface area contributed by atoms with Gasteiger partial charge in [0.05, 0.1) is 18.2 Å². The van der Waals surface area contributed by atoms with Gasteiger partial charge in [-0.15, -0.1) is 0 Å². The van der Waals surface area contributed by atoms with Crippen LogP contribution in [0.2, 0.25) is 0 Å². The van der Waals surface area contributed by atoms with Crippen LogP contribution in [-0.4, -0.2) is 45.2 Å².